The third kappa shape index (κ3) is 1.98. The summed E-state index contributed by atoms with van der Waals surface area (Å²) in [6.45, 7) is 4.25. The SMILES string of the molecule is CC(C)c1ccc(C(=O)C2(C#N)CCC2)cc1. The lowest BCUT2D eigenvalue weighted by molar-refractivity contribution is 0.0748. The van der Waals surface area contributed by atoms with Gasteiger partial charge in [-0.15, -0.1) is 0 Å². The highest BCUT2D eigenvalue weighted by molar-refractivity contribution is 6.02. The molecule has 0 unspecified atom stereocenters. The number of carbonyl (C=O) groups is 1. The number of hydrogen-bond acceptors (Lipinski definition) is 2. The van der Waals surface area contributed by atoms with Crippen molar-refractivity contribution >= 4 is 5.78 Å². The molecule has 0 saturated heterocycles. The molecule has 1 fully saturated rings. The van der Waals surface area contributed by atoms with Gasteiger partial charge in [0.15, 0.2) is 5.78 Å². The van der Waals surface area contributed by atoms with Gasteiger partial charge in [0.05, 0.1) is 6.07 Å². The number of nitrogens with zero attached hydrogens (tertiary/aromatic N) is 1. The Morgan fingerprint density at radius 1 is 1.29 bits per heavy atom. The fourth-order valence-electron chi connectivity index (χ4n) is 2.22. The second-order valence-electron chi connectivity index (χ2n) is 5.15. The van der Waals surface area contributed by atoms with Gasteiger partial charge in [-0.25, -0.2) is 0 Å². The van der Waals surface area contributed by atoms with E-state index in [2.05, 4.69) is 19.9 Å². The highest BCUT2D eigenvalue weighted by Gasteiger charge is 2.44. The van der Waals surface area contributed by atoms with E-state index in [1.807, 2.05) is 24.3 Å². The van der Waals surface area contributed by atoms with Crippen LogP contribution in [0.3, 0.4) is 0 Å². The van der Waals surface area contributed by atoms with Crippen LogP contribution < -0.4 is 0 Å². The first kappa shape index (κ1) is 11.9. The number of rotatable bonds is 3. The van der Waals surface area contributed by atoms with Crippen LogP contribution in [0.15, 0.2) is 24.3 Å². The Hall–Kier alpha value is -1.62. The molecule has 0 bridgehead atoms. The van der Waals surface area contributed by atoms with Gasteiger partial charge >= 0.3 is 0 Å². The van der Waals surface area contributed by atoms with Gasteiger partial charge in [-0.1, -0.05) is 38.1 Å². The number of nitriles is 1. The second kappa shape index (κ2) is 4.33. The minimum atomic E-state index is -0.723. The minimum absolute atomic E-state index is 0.00144. The van der Waals surface area contributed by atoms with E-state index in [0.29, 0.717) is 24.3 Å². The zero-order valence-electron chi connectivity index (χ0n) is 10.4. The van der Waals surface area contributed by atoms with Gasteiger partial charge in [-0.2, -0.15) is 5.26 Å². The third-order valence-corrected chi connectivity index (χ3v) is 3.70. The summed E-state index contributed by atoms with van der Waals surface area (Å²) >= 11 is 0. The lowest BCUT2D eigenvalue weighted by Crippen LogP contribution is -2.36. The van der Waals surface area contributed by atoms with Gasteiger partial charge in [-0.05, 0) is 30.7 Å². The van der Waals surface area contributed by atoms with E-state index in [0.717, 1.165) is 6.42 Å². The number of Topliss-reactive ketones (excluding diaryl/α,β-unsaturated/α-hetero) is 1. The van der Waals surface area contributed by atoms with Crippen molar-refractivity contribution in [1.29, 1.82) is 5.26 Å². The molecule has 17 heavy (non-hydrogen) atoms. The fraction of sp³-hybridized carbons (Fsp3) is 0.467. The zero-order chi connectivity index (χ0) is 12.5. The van der Waals surface area contributed by atoms with Crippen molar-refractivity contribution in [2.75, 3.05) is 0 Å². The molecule has 1 saturated carbocycles. The summed E-state index contributed by atoms with van der Waals surface area (Å²) in [5, 5.41) is 9.14. The zero-order valence-corrected chi connectivity index (χ0v) is 10.4. The highest BCUT2D eigenvalue weighted by Crippen LogP contribution is 2.42. The Morgan fingerprint density at radius 2 is 1.88 bits per heavy atom. The Morgan fingerprint density at radius 3 is 2.24 bits per heavy atom. The molecule has 0 N–H and O–H groups in total. The molecule has 0 aliphatic heterocycles. The second-order valence-corrected chi connectivity index (χ2v) is 5.15. The summed E-state index contributed by atoms with van der Waals surface area (Å²) in [6.07, 6.45) is 2.42. The summed E-state index contributed by atoms with van der Waals surface area (Å²) in [5.41, 5.74) is 1.18. The number of hydrogen-bond donors (Lipinski definition) is 0. The molecule has 0 aromatic heterocycles. The van der Waals surface area contributed by atoms with E-state index in [1.165, 1.54) is 5.56 Å². The monoisotopic (exact) mass is 227 g/mol. The topological polar surface area (TPSA) is 40.9 Å². The molecular formula is C15H17NO. The van der Waals surface area contributed by atoms with Crippen molar-refractivity contribution < 1.29 is 4.79 Å². The van der Waals surface area contributed by atoms with E-state index >= 15 is 0 Å². The Balaban J connectivity index is 2.24. The third-order valence-electron chi connectivity index (χ3n) is 3.70. The van der Waals surface area contributed by atoms with E-state index in [-0.39, 0.29) is 5.78 Å². The van der Waals surface area contributed by atoms with Crippen molar-refractivity contribution in [3.05, 3.63) is 35.4 Å². The van der Waals surface area contributed by atoms with Crippen LogP contribution in [-0.2, 0) is 0 Å². The molecule has 1 aromatic rings. The number of ketones is 1. The van der Waals surface area contributed by atoms with Crippen LogP contribution in [0.4, 0.5) is 0 Å². The summed E-state index contributed by atoms with van der Waals surface area (Å²) in [7, 11) is 0. The van der Waals surface area contributed by atoms with Crippen molar-refractivity contribution in [3.8, 4) is 6.07 Å². The molecule has 0 heterocycles. The number of carbonyl (C=O) groups excluding carboxylic acids is 1. The lowest BCUT2D eigenvalue weighted by atomic mass is 9.65. The van der Waals surface area contributed by atoms with Crippen LogP contribution in [0.1, 0.15) is 54.9 Å². The number of benzene rings is 1. The molecule has 2 rings (SSSR count). The van der Waals surface area contributed by atoms with Crippen LogP contribution in [-0.4, -0.2) is 5.78 Å². The van der Waals surface area contributed by atoms with Crippen LogP contribution in [0.25, 0.3) is 0 Å². The maximum atomic E-state index is 12.2. The van der Waals surface area contributed by atoms with Gasteiger partial charge in [0.25, 0.3) is 0 Å². The van der Waals surface area contributed by atoms with E-state index in [4.69, 9.17) is 5.26 Å². The predicted molar refractivity (Wildman–Crippen MR) is 66.8 cm³/mol. The van der Waals surface area contributed by atoms with Gasteiger partial charge < -0.3 is 0 Å². The van der Waals surface area contributed by atoms with Gasteiger partial charge in [0, 0.05) is 5.56 Å². The molecule has 0 spiro atoms. The van der Waals surface area contributed by atoms with E-state index in [1.54, 1.807) is 0 Å². The lowest BCUT2D eigenvalue weighted by Gasteiger charge is -2.33. The first-order valence-corrected chi connectivity index (χ1v) is 6.15. The van der Waals surface area contributed by atoms with E-state index in [9.17, 15) is 4.79 Å². The van der Waals surface area contributed by atoms with Gasteiger partial charge in [0.2, 0.25) is 0 Å². The summed E-state index contributed by atoms with van der Waals surface area (Å²) < 4.78 is 0. The quantitative estimate of drug-likeness (QED) is 0.739. The van der Waals surface area contributed by atoms with Crippen LogP contribution in [0.2, 0.25) is 0 Å². The molecular weight excluding hydrogens is 210 g/mol. The molecule has 2 heteroatoms. The van der Waals surface area contributed by atoms with Crippen LogP contribution >= 0.6 is 0 Å². The normalized spacial score (nSPS) is 17.3. The molecule has 1 aromatic carbocycles. The van der Waals surface area contributed by atoms with Crippen molar-refractivity contribution in [2.45, 2.75) is 39.0 Å². The molecule has 0 amide bonds. The van der Waals surface area contributed by atoms with Gasteiger partial charge in [0.1, 0.15) is 5.41 Å². The van der Waals surface area contributed by atoms with Crippen molar-refractivity contribution in [2.24, 2.45) is 5.41 Å². The maximum absolute atomic E-state index is 12.2. The minimum Gasteiger partial charge on any atom is -0.292 e. The standard InChI is InChI=1S/C15H17NO/c1-11(2)12-4-6-13(7-5-12)14(17)15(10-16)8-3-9-15/h4-7,11H,3,8-9H2,1-2H3. The summed E-state index contributed by atoms with van der Waals surface area (Å²) in [4.78, 5) is 12.2. The average Bonchev–Trinajstić information content (AvgIpc) is 2.28. The first-order valence-electron chi connectivity index (χ1n) is 6.15. The Kier molecular flexibility index (Phi) is 3.02. The molecule has 0 atom stereocenters. The van der Waals surface area contributed by atoms with Crippen molar-refractivity contribution in [3.63, 3.8) is 0 Å². The van der Waals surface area contributed by atoms with Gasteiger partial charge in [-0.3, -0.25) is 4.79 Å². The highest BCUT2D eigenvalue weighted by atomic mass is 16.1. The molecule has 88 valence electrons. The molecule has 1 aliphatic carbocycles. The van der Waals surface area contributed by atoms with Crippen LogP contribution in [0, 0.1) is 16.7 Å². The first-order chi connectivity index (χ1) is 8.09. The van der Waals surface area contributed by atoms with Crippen LogP contribution in [0.5, 0.6) is 0 Å². The maximum Gasteiger partial charge on any atom is 0.183 e. The van der Waals surface area contributed by atoms with E-state index < -0.39 is 5.41 Å². The molecule has 2 nitrogen and oxygen atoms in total. The Bertz CT molecular complexity index is 461. The largest absolute Gasteiger partial charge is 0.292 e. The summed E-state index contributed by atoms with van der Waals surface area (Å²) in [5.74, 6) is 0.467. The molecule has 0 radical (unpaired) electrons. The summed E-state index contributed by atoms with van der Waals surface area (Å²) in [6, 6.07) is 9.89. The smallest absolute Gasteiger partial charge is 0.183 e. The average molecular weight is 227 g/mol. The fourth-order valence-corrected chi connectivity index (χ4v) is 2.22. The predicted octanol–water partition coefficient (Wildman–Crippen LogP) is 3.69. The molecule has 1 aliphatic rings. The Labute approximate surface area is 102 Å². The van der Waals surface area contributed by atoms with Crippen molar-refractivity contribution in [1.82, 2.24) is 0 Å².